The van der Waals surface area contributed by atoms with E-state index in [0.717, 1.165) is 12.3 Å². The molecule has 0 spiro atoms. The van der Waals surface area contributed by atoms with Crippen LogP contribution in [-0.4, -0.2) is 22.6 Å². The van der Waals surface area contributed by atoms with Gasteiger partial charge in [-0.05, 0) is 38.0 Å². The molecule has 1 N–H and O–H groups in total. The minimum absolute atomic E-state index is 0.221. The Bertz CT molecular complexity index is 443. The van der Waals surface area contributed by atoms with Crippen LogP contribution in [0, 0.1) is 24.7 Å². The summed E-state index contributed by atoms with van der Waals surface area (Å²) >= 11 is 0. The molecule has 0 radical (unpaired) electrons. The van der Waals surface area contributed by atoms with Crippen molar-refractivity contribution in [3.05, 3.63) is 11.7 Å². The molecule has 2 saturated carbocycles. The van der Waals surface area contributed by atoms with Gasteiger partial charge in [0.25, 0.3) is 0 Å². The highest BCUT2D eigenvalue weighted by Gasteiger charge is 2.42. The zero-order chi connectivity index (χ0) is 12.5. The lowest BCUT2D eigenvalue weighted by atomic mass is 9.88. The first-order chi connectivity index (χ1) is 8.72. The third-order valence-corrected chi connectivity index (χ3v) is 4.28. The van der Waals surface area contributed by atoms with Gasteiger partial charge in [0.1, 0.15) is 0 Å². The van der Waals surface area contributed by atoms with Gasteiger partial charge in [-0.15, -0.1) is 0 Å². The highest BCUT2D eigenvalue weighted by Crippen LogP contribution is 2.48. The highest BCUT2D eigenvalue weighted by atomic mass is 16.5. The summed E-state index contributed by atoms with van der Waals surface area (Å²) < 4.78 is 5.01. The zero-order valence-corrected chi connectivity index (χ0v) is 10.7. The van der Waals surface area contributed by atoms with Crippen LogP contribution in [0.25, 0.3) is 0 Å². The number of carbonyl (C=O) groups excluding carboxylic acids is 1. The molecule has 2 aliphatic rings. The summed E-state index contributed by atoms with van der Waals surface area (Å²) in [5.41, 5.74) is 0. The van der Waals surface area contributed by atoms with Gasteiger partial charge >= 0.3 is 0 Å². The van der Waals surface area contributed by atoms with Crippen LogP contribution >= 0.6 is 0 Å². The first kappa shape index (κ1) is 11.7. The van der Waals surface area contributed by atoms with Crippen LogP contribution < -0.4 is 5.32 Å². The zero-order valence-electron chi connectivity index (χ0n) is 10.7. The van der Waals surface area contributed by atoms with Crippen molar-refractivity contribution in [2.75, 3.05) is 6.54 Å². The Morgan fingerprint density at radius 2 is 2.33 bits per heavy atom. The number of rotatable bonds is 4. The summed E-state index contributed by atoms with van der Waals surface area (Å²) in [5, 5.41) is 6.72. The van der Waals surface area contributed by atoms with Crippen molar-refractivity contribution in [2.24, 2.45) is 17.8 Å². The van der Waals surface area contributed by atoms with Gasteiger partial charge in [0.15, 0.2) is 5.82 Å². The summed E-state index contributed by atoms with van der Waals surface area (Å²) in [6.07, 6.45) is 5.55. The second-order valence-electron chi connectivity index (χ2n) is 5.56. The van der Waals surface area contributed by atoms with E-state index < -0.39 is 0 Å². The predicted octanol–water partition coefficient (Wildman–Crippen LogP) is 1.47. The van der Waals surface area contributed by atoms with Crippen molar-refractivity contribution in [3.8, 4) is 0 Å². The largest absolute Gasteiger partial charge is 0.355 e. The Morgan fingerprint density at radius 1 is 1.44 bits per heavy atom. The standard InChI is InChI=1S/C13H19N3O2/c1-8-15-12(18-16-8)4-5-14-13(17)11-7-9-2-3-10(11)6-9/h9-11H,2-7H2,1H3,(H,14,17)/t9-,10-,11-/m0/s1. The topological polar surface area (TPSA) is 68.0 Å². The van der Waals surface area contributed by atoms with E-state index in [1.807, 2.05) is 0 Å². The Hall–Kier alpha value is -1.39. The minimum Gasteiger partial charge on any atom is -0.355 e. The van der Waals surface area contributed by atoms with Crippen LogP contribution in [0.3, 0.4) is 0 Å². The van der Waals surface area contributed by atoms with Crippen molar-refractivity contribution < 1.29 is 9.32 Å². The molecule has 0 aromatic carbocycles. The van der Waals surface area contributed by atoms with E-state index in [2.05, 4.69) is 15.5 Å². The summed E-state index contributed by atoms with van der Waals surface area (Å²) in [7, 11) is 0. The molecule has 1 aromatic heterocycles. The van der Waals surface area contributed by atoms with Gasteiger partial charge in [0.05, 0.1) is 0 Å². The lowest BCUT2D eigenvalue weighted by Gasteiger charge is -2.20. The number of aryl methyl sites for hydroxylation is 1. The maximum Gasteiger partial charge on any atom is 0.228 e. The maximum atomic E-state index is 12.1. The molecule has 3 rings (SSSR count). The molecule has 2 fully saturated rings. The molecule has 1 amide bonds. The molecular weight excluding hydrogens is 230 g/mol. The Kier molecular flexibility index (Phi) is 3.06. The van der Waals surface area contributed by atoms with E-state index in [1.165, 1.54) is 19.3 Å². The van der Waals surface area contributed by atoms with Gasteiger partial charge in [0.2, 0.25) is 11.8 Å². The quantitative estimate of drug-likeness (QED) is 0.877. The van der Waals surface area contributed by atoms with Crippen molar-refractivity contribution >= 4 is 5.91 Å². The Labute approximate surface area is 106 Å². The second kappa shape index (κ2) is 4.71. The summed E-state index contributed by atoms with van der Waals surface area (Å²) in [6.45, 7) is 2.38. The second-order valence-corrected chi connectivity index (χ2v) is 5.56. The number of hydrogen-bond donors (Lipinski definition) is 1. The Balaban J connectivity index is 1.44. The molecule has 2 aliphatic carbocycles. The first-order valence-electron chi connectivity index (χ1n) is 6.79. The van der Waals surface area contributed by atoms with E-state index in [1.54, 1.807) is 6.92 Å². The molecule has 0 unspecified atom stereocenters. The van der Waals surface area contributed by atoms with E-state index in [-0.39, 0.29) is 11.8 Å². The molecule has 0 saturated heterocycles. The molecule has 98 valence electrons. The van der Waals surface area contributed by atoms with E-state index >= 15 is 0 Å². The monoisotopic (exact) mass is 249 g/mol. The summed E-state index contributed by atoms with van der Waals surface area (Å²) in [6, 6.07) is 0. The third-order valence-electron chi connectivity index (χ3n) is 4.28. The lowest BCUT2D eigenvalue weighted by molar-refractivity contribution is -0.126. The first-order valence-corrected chi connectivity index (χ1v) is 6.79. The molecular formula is C13H19N3O2. The molecule has 5 heteroatoms. The fourth-order valence-electron chi connectivity index (χ4n) is 3.43. The van der Waals surface area contributed by atoms with Crippen LogP contribution in [0.4, 0.5) is 0 Å². The van der Waals surface area contributed by atoms with Gasteiger partial charge < -0.3 is 9.84 Å². The predicted molar refractivity (Wildman–Crippen MR) is 64.7 cm³/mol. The number of nitrogens with zero attached hydrogens (tertiary/aromatic N) is 2. The van der Waals surface area contributed by atoms with Gasteiger partial charge in [-0.2, -0.15) is 4.98 Å². The average Bonchev–Trinajstić information content (AvgIpc) is 3.05. The SMILES string of the molecule is Cc1noc(CCNC(=O)[C@H]2C[C@H]3CC[C@H]2C3)n1. The number of nitrogens with one attached hydrogen (secondary N) is 1. The molecule has 5 nitrogen and oxygen atoms in total. The van der Waals surface area contributed by atoms with Crippen molar-refractivity contribution in [1.82, 2.24) is 15.5 Å². The summed E-state index contributed by atoms with van der Waals surface area (Å²) in [5.74, 6) is 3.17. The van der Waals surface area contributed by atoms with Crippen molar-refractivity contribution in [1.29, 1.82) is 0 Å². The van der Waals surface area contributed by atoms with Crippen molar-refractivity contribution in [2.45, 2.75) is 39.0 Å². The highest BCUT2D eigenvalue weighted by molar-refractivity contribution is 5.79. The number of carbonyl (C=O) groups is 1. The molecule has 2 bridgehead atoms. The molecule has 1 aromatic rings. The number of aromatic nitrogens is 2. The molecule has 3 atom stereocenters. The normalized spacial score (nSPS) is 29.7. The Morgan fingerprint density at radius 3 is 2.94 bits per heavy atom. The number of amides is 1. The van der Waals surface area contributed by atoms with E-state index in [0.29, 0.717) is 30.6 Å². The number of hydrogen-bond acceptors (Lipinski definition) is 4. The van der Waals surface area contributed by atoms with Crippen LogP contribution in [0.15, 0.2) is 4.52 Å². The van der Waals surface area contributed by atoms with Gasteiger partial charge in [-0.3, -0.25) is 4.79 Å². The van der Waals surface area contributed by atoms with Gasteiger partial charge in [-0.25, -0.2) is 0 Å². The van der Waals surface area contributed by atoms with Crippen molar-refractivity contribution in [3.63, 3.8) is 0 Å². The van der Waals surface area contributed by atoms with Crippen LogP contribution in [-0.2, 0) is 11.2 Å². The fourth-order valence-corrected chi connectivity index (χ4v) is 3.43. The summed E-state index contributed by atoms with van der Waals surface area (Å²) in [4.78, 5) is 16.2. The minimum atomic E-state index is 0.221. The maximum absolute atomic E-state index is 12.1. The molecule has 18 heavy (non-hydrogen) atoms. The average molecular weight is 249 g/mol. The van der Waals surface area contributed by atoms with Crippen LogP contribution in [0.5, 0.6) is 0 Å². The lowest BCUT2D eigenvalue weighted by Crippen LogP contribution is -2.34. The molecule has 1 heterocycles. The van der Waals surface area contributed by atoms with E-state index in [9.17, 15) is 4.79 Å². The van der Waals surface area contributed by atoms with E-state index in [4.69, 9.17) is 4.52 Å². The van der Waals surface area contributed by atoms with Gasteiger partial charge in [-0.1, -0.05) is 11.6 Å². The smallest absolute Gasteiger partial charge is 0.228 e. The number of fused-ring (bicyclic) bond motifs is 2. The van der Waals surface area contributed by atoms with Crippen LogP contribution in [0.1, 0.15) is 37.4 Å². The molecule has 0 aliphatic heterocycles. The van der Waals surface area contributed by atoms with Crippen LogP contribution in [0.2, 0.25) is 0 Å². The fraction of sp³-hybridized carbons (Fsp3) is 0.769. The third kappa shape index (κ3) is 2.26. The van der Waals surface area contributed by atoms with Gasteiger partial charge in [0, 0.05) is 18.9 Å².